The fourth-order valence-electron chi connectivity index (χ4n) is 9.63. The largest absolute Gasteiger partial charge is 0.481 e. The Morgan fingerprint density at radius 2 is 1.12 bits per heavy atom. The van der Waals surface area contributed by atoms with E-state index in [2.05, 4.69) is 58.2 Å². The molecule has 3 rings (SSSR count). The number of hydrogen-bond acceptors (Lipinski definition) is 22. The first kappa shape index (κ1) is 83.8. The van der Waals surface area contributed by atoms with Crippen LogP contribution in [0.4, 0.5) is 0 Å². The number of hydrogen-bond donors (Lipinski definition) is 21. The summed E-state index contributed by atoms with van der Waals surface area (Å²) in [6, 6.07) is -14.5. The van der Waals surface area contributed by atoms with Crippen molar-refractivity contribution in [3.8, 4) is 0 Å². The molecule has 14 amide bonds. The Morgan fingerprint density at radius 3 is 1.68 bits per heavy atom. The Balaban J connectivity index is 2.19. The summed E-state index contributed by atoms with van der Waals surface area (Å²) in [6.45, 7) is 2.66. The Bertz CT molecular complexity index is 3420. The molecule has 1 fully saturated rings. The molecule has 0 saturated carbocycles. The predicted octanol–water partition coefficient (Wildman–Crippen LogP) is -8.41. The van der Waals surface area contributed by atoms with E-state index in [1.54, 1.807) is 30.5 Å². The van der Waals surface area contributed by atoms with E-state index in [0.29, 0.717) is 16.5 Å². The van der Waals surface area contributed by atoms with Crippen LogP contribution in [-0.2, 0) is 102 Å². The molecule has 101 heavy (non-hydrogen) atoms. The second kappa shape index (κ2) is 41.1. The van der Waals surface area contributed by atoms with Gasteiger partial charge in [0.05, 0.1) is 45.4 Å². The van der Waals surface area contributed by atoms with Crippen molar-refractivity contribution in [3.05, 3.63) is 36.0 Å². The van der Waals surface area contributed by atoms with E-state index in [4.69, 9.17) is 16.2 Å². The minimum absolute atomic E-state index is 0.0116. The van der Waals surface area contributed by atoms with Crippen LogP contribution in [0.15, 0.2) is 30.5 Å². The summed E-state index contributed by atoms with van der Waals surface area (Å²) in [7, 11) is 0. The molecule has 1 aromatic heterocycles. The molecule has 556 valence electrons. The van der Waals surface area contributed by atoms with Crippen molar-refractivity contribution in [2.75, 3.05) is 26.2 Å². The van der Waals surface area contributed by atoms with Crippen LogP contribution in [0.5, 0.6) is 0 Å². The minimum Gasteiger partial charge on any atom is -0.481 e. The Morgan fingerprint density at radius 1 is 0.594 bits per heavy atom. The van der Waals surface area contributed by atoms with Crippen LogP contribution in [0.25, 0.3) is 10.9 Å². The minimum atomic E-state index is -2.31. The van der Waals surface area contributed by atoms with Gasteiger partial charge in [-0.25, -0.2) is 4.79 Å². The second-order valence-electron chi connectivity index (χ2n) is 23.3. The summed E-state index contributed by atoms with van der Waals surface area (Å²) >= 11 is 0. The Hall–Kier alpha value is -11.4. The van der Waals surface area contributed by atoms with Crippen molar-refractivity contribution in [2.45, 2.75) is 178 Å². The van der Waals surface area contributed by atoms with Crippen LogP contribution in [-0.4, -0.2) is 242 Å². The molecule has 1 aliphatic rings. The first-order valence-corrected chi connectivity index (χ1v) is 31.6. The molecule has 0 spiro atoms. The lowest BCUT2D eigenvalue weighted by atomic mass is 9.98. The lowest BCUT2D eigenvalue weighted by molar-refractivity contribution is -0.157. The van der Waals surface area contributed by atoms with Gasteiger partial charge in [-0.3, -0.25) is 86.3 Å². The number of fused-ring (bicyclic) bond motifs is 1. The molecule has 13 unspecified atom stereocenters. The van der Waals surface area contributed by atoms with Gasteiger partial charge in [-0.1, -0.05) is 45.4 Å². The molecular weight excluding hydrogens is 1340 g/mol. The third kappa shape index (κ3) is 28.2. The van der Waals surface area contributed by atoms with Crippen molar-refractivity contribution < 1.29 is 121 Å². The van der Waals surface area contributed by atoms with E-state index in [1.807, 2.05) is 16.0 Å². The van der Waals surface area contributed by atoms with Gasteiger partial charge < -0.3 is 116 Å². The monoisotopic (exact) mass is 1430 g/mol. The van der Waals surface area contributed by atoms with E-state index >= 15 is 0 Å². The number of ether oxygens (including phenoxy) is 1. The third-order valence-electron chi connectivity index (χ3n) is 15.3. The van der Waals surface area contributed by atoms with Gasteiger partial charge in [0.15, 0.2) is 0 Å². The number of para-hydroxylation sites is 1. The number of aliphatic carboxylic acids is 4. The van der Waals surface area contributed by atoms with Crippen LogP contribution in [0.3, 0.4) is 0 Å². The topological polar surface area (TPSA) is 659 Å². The molecule has 41 nitrogen and oxygen atoms in total. The molecular formula is C60H86N16O25. The van der Waals surface area contributed by atoms with Gasteiger partial charge in [0.1, 0.15) is 72.6 Å². The fourth-order valence-corrected chi connectivity index (χ4v) is 9.63. The number of aromatic nitrogens is 1. The first-order chi connectivity index (χ1) is 47.5. The zero-order valence-corrected chi connectivity index (χ0v) is 55.6. The van der Waals surface area contributed by atoms with E-state index in [0.717, 1.165) is 13.8 Å². The normalized spacial score (nSPS) is 22.5. The number of esters is 1. The van der Waals surface area contributed by atoms with E-state index < -0.39 is 249 Å². The van der Waals surface area contributed by atoms with Crippen LogP contribution in [0.2, 0.25) is 0 Å². The molecule has 41 heteroatoms. The molecule has 1 saturated heterocycles. The molecule has 2 aromatic rings. The molecule has 2 heterocycles. The van der Waals surface area contributed by atoms with Crippen LogP contribution in [0, 0.1) is 5.92 Å². The predicted molar refractivity (Wildman–Crippen MR) is 343 cm³/mol. The number of H-pyrrole nitrogens is 1. The van der Waals surface area contributed by atoms with Gasteiger partial charge >= 0.3 is 29.8 Å². The second-order valence-corrected chi connectivity index (χ2v) is 23.3. The lowest BCUT2D eigenvalue weighted by Gasteiger charge is -2.30. The van der Waals surface area contributed by atoms with E-state index in [-0.39, 0.29) is 38.6 Å². The number of primary amides is 1. The van der Waals surface area contributed by atoms with Crippen LogP contribution >= 0.6 is 0 Å². The summed E-state index contributed by atoms with van der Waals surface area (Å²) in [6.07, 6.45) is -7.46. The summed E-state index contributed by atoms with van der Waals surface area (Å²) in [5.74, 6) is -27.0. The number of carboxylic acids is 4. The van der Waals surface area contributed by atoms with Gasteiger partial charge in [-0.05, 0) is 57.2 Å². The SMILES string of the molecule is CCC(=O)NC(Cc1c[nH]c2ccccc12)C(=O)NC(CC(N)=O)C(=O)NC(CC(=O)O)C(=O)NC1C(=O)NCC(=O)NC(CCCN)C(=O)NC(CC(=O)O)C(=O)NC(C)C(=O)NC(CC(=O)O)C(=O)NCC(=O)NC(CO)C(=O)NC(CCC(=O)O)C(=O)NC(C(C)CC)C(=O)OC1C. The average molecular weight is 1430 g/mol. The lowest BCUT2D eigenvalue weighted by Crippen LogP contribution is -2.62. The molecule has 1 aliphatic heterocycles. The maximum absolute atomic E-state index is 14.5. The quantitative estimate of drug-likeness (QED) is 0.0369. The number of carboxylic acid groups (broad SMARTS) is 4. The fraction of sp³-hybridized carbons (Fsp3) is 0.550. The number of benzene rings is 1. The number of aliphatic hydroxyl groups excluding tert-OH is 1. The van der Waals surface area contributed by atoms with Gasteiger partial charge in [0, 0.05) is 36.4 Å². The molecule has 23 N–H and O–H groups in total. The van der Waals surface area contributed by atoms with E-state index in [1.165, 1.54) is 20.8 Å². The van der Waals surface area contributed by atoms with Crippen molar-refractivity contribution >= 4 is 123 Å². The van der Waals surface area contributed by atoms with Gasteiger partial charge in [-0.2, -0.15) is 0 Å². The first-order valence-electron chi connectivity index (χ1n) is 31.6. The van der Waals surface area contributed by atoms with Gasteiger partial charge in [0.2, 0.25) is 82.7 Å². The summed E-state index contributed by atoms with van der Waals surface area (Å²) in [5, 5.41) is 77.8. The van der Waals surface area contributed by atoms with Crippen molar-refractivity contribution in [3.63, 3.8) is 0 Å². The number of carbonyl (C=O) groups is 19. The molecule has 1 aromatic carbocycles. The smallest absolute Gasteiger partial charge is 0.329 e. The number of amides is 14. The number of nitrogens with one attached hydrogen (secondary N) is 14. The van der Waals surface area contributed by atoms with Crippen LogP contribution in [0.1, 0.15) is 104 Å². The molecule has 0 aliphatic carbocycles. The summed E-state index contributed by atoms with van der Waals surface area (Å²) in [4.78, 5) is 256. The maximum atomic E-state index is 14.5. The highest BCUT2D eigenvalue weighted by Crippen LogP contribution is 2.20. The molecule has 13 atom stereocenters. The number of nitrogens with two attached hydrogens (primary N) is 2. The summed E-state index contributed by atoms with van der Waals surface area (Å²) in [5.41, 5.74) is 12.3. The van der Waals surface area contributed by atoms with Gasteiger partial charge in [0.25, 0.3) is 0 Å². The highest BCUT2D eigenvalue weighted by atomic mass is 16.5. The zero-order valence-electron chi connectivity index (χ0n) is 55.6. The molecule has 0 radical (unpaired) electrons. The highest BCUT2D eigenvalue weighted by molar-refractivity contribution is 6.02. The Kier molecular flexibility index (Phi) is 34.1. The van der Waals surface area contributed by atoms with Crippen LogP contribution < -0.4 is 80.6 Å². The maximum Gasteiger partial charge on any atom is 0.329 e. The number of carbonyl (C=O) groups excluding carboxylic acids is 15. The standard InChI is InChI=1S/C60H86N16O25/c1-6-26(3)48-60(100)101-28(5)49(76-57(97)38(21-47(88)89)74-56(96)35(18-40(62)78)72-55(95)34(68-41(79)7-2)17-29-22-63-31-12-9-8-11-30(29)31)59(99)65-24-42(80)67-32(13-10-16-61)52(92)73-37(20-46(86)87)54(94)66-27(4)50(90)71-36(19-45(84)85)51(91)64-23-43(81)69-39(25-77)58(98)70-33(53(93)75-48)14-15-44(82)83/h8-9,11-12,22,26-28,32-39,48-49,63,77H,6-7,10,13-21,23-25,61H2,1-5H3,(H2,62,78)(H,64,91)(H,65,99)(H,66,94)(H,67,80)(H,68,79)(H,69,81)(H,70,98)(H,71,90)(H,72,95)(H,73,92)(H,74,96)(H,75,93)(H,76,97)(H,82,83)(H,84,85)(H,86,87)(H,88,89). The zero-order chi connectivity index (χ0) is 76.0. The number of aliphatic hydroxyl groups is 1. The van der Waals surface area contributed by atoms with Crippen molar-refractivity contribution in [1.82, 2.24) is 74.1 Å². The van der Waals surface area contributed by atoms with E-state index in [9.17, 15) is 117 Å². The third-order valence-corrected chi connectivity index (χ3v) is 15.3. The Labute approximate surface area is 574 Å². The van der Waals surface area contributed by atoms with Crippen molar-refractivity contribution in [1.29, 1.82) is 0 Å². The van der Waals surface area contributed by atoms with Gasteiger partial charge in [-0.15, -0.1) is 0 Å². The molecule has 0 bridgehead atoms. The number of rotatable bonds is 27. The number of cyclic esters (lactones) is 1. The average Bonchev–Trinajstić information content (AvgIpc) is 1.80. The highest BCUT2D eigenvalue weighted by Gasteiger charge is 2.40. The number of aromatic amines is 1. The van der Waals surface area contributed by atoms with Crippen molar-refractivity contribution in [2.24, 2.45) is 17.4 Å². The summed E-state index contributed by atoms with van der Waals surface area (Å²) < 4.78 is 5.66.